The van der Waals surface area contributed by atoms with Crippen LogP contribution in [0.2, 0.25) is 0 Å². The molecule has 0 radical (unpaired) electrons. The molecule has 1 unspecified atom stereocenters. The molecule has 0 saturated carbocycles. The molecule has 1 heterocycles. The van der Waals surface area contributed by atoms with Crippen molar-refractivity contribution in [2.45, 2.75) is 32.2 Å². The Morgan fingerprint density at radius 1 is 1.50 bits per heavy atom. The molecule has 0 amide bonds. The van der Waals surface area contributed by atoms with E-state index in [1.54, 1.807) is 0 Å². The minimum absolute atomic E-state index is 0.231. The van der Waals surface area contributed by atoms with Crippen molar-refractivity contribution in [3.8, 4) is 0 Å². The van der Waals surface area contributed by atoms with Crippen molar-refractivity contribution in [2.24, 2.45) is 0 Å². The van der Waals surface area contributed by atoms with Gasteiger partial charge in [0.2, 0.25) is 0 Å². The lowest BCUT2D eigenvalue weighted by Gasteiger charge is -2.25. The van der Waals surface area contributed by atoms with Gasteiger partial charge in [0.05, 0.1) is 6.61 Å². The Labute approximate surface area is 85.0 Å². The van der Waals surface area contributed by atoms with E-state index >= 15 is 0 Å². The molecule has 0 fully saturated rings. The molecule has 76 valence electrons. The fourth-order valence-corrected chi connectivity index (χ4v) is 1.97. The molecule has 0 aliphatic carbocycles. The zero-order valence-corrected chi connectivity index (χ0v) is 8.59. The minimum atomic E-state index is 0.231. The number of rotatable bonds is 2. The van der Waals surface area contributed by atoms with Crippen molar-refractivity contribution in [2.75, 3.05) is 11.9 Å². The van der Waals surface area contributed by atoms with Gasteiger partial charge in [0.15, 0.2) is 0 Å². The zero-order chi connectivity index (χ0) is 9.97. The van der Waals surface area contributed by atoms with Gasteiger partial charge in [-0.3, -0.25) is 0 Å². The fourth-order valence-electron chi connectivity index (χ4n) is 1.97. The standard InChI is InChI=1S/C12H17NO/c1-2-9-3-6-12-10(7-9)4-5-11(8-14)13-12/h3,6-7,11,13-14H,2,4-5,8H2,1H3. The van der Waals surface area contributed by atoms with E-state index in [2.05, 4.69) is 30.4 Å². The maximum atomic E-state index is 9.05. The first kappa shape index (κ1) is 9.53. The Morgan fingerprint density at radius 2 is 2.36 bits per heavy atom. The van der Waals surface area contributed by atoms with Gasteiger partial charge >= 0.3 is 0 Å². The van der Waals surface area contributed by atoms with E-state index in [4.69, 9.17) is 5.11 Å². The van der Waals surface area contributed by atoms with Gasteiger partial charge in [0.25, 0.3) is 0 Å². The second-order valence-corrected chi connectivity index (χ2v) is 3.91. The first-order chi connectivity index (χ1) is 6.83. The molecule has 2 heteroatoms. The number of fused-ring (bicyclic) bond motifs is 1. The van der Waals surface area contributed by atoms with Crippen LogP contribution in [0.1, 0.15) is 24.5 Å². The molecular formula is C12H17NO. The van der Waals surface area contributed by atoms with Crippen LogP contribution in [0, 0.1) is 0 Å². The molecule has 1 aliphatic rings. The van der Waals surface area contributed by atoms with Crippen LogP contribution in [-0.4, -0.2) is 17.8 Å². The lowest BCUT2D eigenvalue weighted by atomic mass is 9.96. The third-order valence-corrected chi connectivity index (χ3v) is 2.92. The minimum Gasteiger partial charge on any atom is -0.394 e. The number of benzene rings is 1. The van der Waals surface area contributed by atoms with Crippen molar-refractivity contribution >= 4 is 5.69 Å². The molecular weight excluding hydrogens is 174 g/mol. The summed E-state index contributed by atoms with van der Waals surface area (Å²) in [6.45, 7) is 2.41. The third-order valence-electron chi connectivity index (χ3n) is 2.92. The molecule has 14 heavy (non-hydrogen) atoms. The van der Waals surface area contributed by atoms with Crippen LogP contribution >= 0.6 is 0 Å². The van der Waals surface area contributed by atoms with Crippen LogP contribution in [0.3, 0.4) is 0 Å². The Morgan fingerprint density at radius 3 is 3.07 bits per heavy atom. The molecule has 0 bridgehead atoms. The Bertz CT molecular complexity index is 322. The highest BCUT2D eigenvalue weighted by atomic mass is 16.3. The SMILES string of the molecule is CCc1ccc2c(c1)CCC(CO)N2. The smallest absolute Gasteiger partial charge is 0.0632 e. The van der Waals surface area contributed by atoms with Crippen LogP contribution in [0.5, 0.6) is 0 Å². The van der Waals surface area contributed by atoms with Crippen molar-refractivity contribution in [1.29, 1.82) is 0 Å². The molecule has 2 nitrogen and oxygen atoms in total. The first-order valence-electron chi connectivity index (χ1n) is 5.32. The summed E-state index contributed by atoms with van der Waals surface area (Å²) in [5.41, 5.74) is 3.99. The van der Waals surface area contributed by atoms with Crippen molar-refractivity contribution in [1.82, 2.24) is 0 Å². The monoisotopic (exact) mass is 191 g/mol. The van der Waals surface area contributed by atoms with Crippen LogP contribution in [0.4, 0.5) is 5.69 Å². The van der Waals surface area contributed by atoms with E-state index in [0.717, 1.165) is 19.3 Å². The van der Waals surface area contributed by atoms with Gasteiger partial charge in [-0.25, -0.2) is 0 Å². The Kier molecular flexibility index (Phi) is 2.73. The molecule has 1 aromatic carbocycles. The summed E-state index contributed by atoms with van der Waals surface area (Å²) in [6.07, 6.45) is 3.22. The number of hydrogen-bond acceptors (Lipinski definition) is 2. The molecule has 2 N–H and O–H groups in total. The highest BCUT2D eigenvalue weighted by Crippen LogP contribution is 2.25. The van der Waals surface area contributed by atoms with Gasteiger partial charge in [0.1, 0.15) is 0 Å². The van der Waals surface area contributed by atoms with E-state index in [0.29, 0.717) is 0 Å². The molecule has 0 aromatic heterocycles. The summed E-state index contributed by atoms with van der Waals surface area (Å²) >= 11 is 0. The summed E-state index contributed by atoms with van der Waals surface area (Å²) < 4.78 is 0. The summed E-state index contributed by atoms with van der Waals surface area (Å²) in [7, 11) is 0. The molecule has 1 atom stereocenters. The highest BCUT2D eigenvalue weighted by Gasteiger charge is 2.16. The first-order valence-corrected chi connectivity index (χ1v) is 5.32. The zero-order valence-electron chi connectivity index (χ0n) is 8.59. The molecule has 1 aromatic rings. The molecule has 1 aliphatic heterocycles. The number of aryl methyl sites for hydroxylation is 2. The number of anilines is 1. The summed E-state index contributed by atoms with van der Waals surface area (Å²) in [5, 5.41) is 12.4. The average molecular weight is 191 g/mol. The summed E-state index contributed by atoms with van der Waals surface area (Å²) in [6, 6.07) is 6.81. The van der Waals surface area contributed by atoms with Crippen LogP contribution < -0.4 is 5.32 Å². The fraction of sp³-hybridized carbons (Fsp3) is 0.500. The Balaban J connectivity index is 2.23. The maximum Gasteiger partial charge on any atom is 0.0632 e. The average Bonchev–Trinajstić information content (AvgIpc) is 2.27. The topological polar surface area (TPSA) is 32.3 Å². The molecule has 0 saturated heterocycles. The van der Waals surface area contributed by atoms with Gasteiger partial charge in [0, 0.05) is 11.7 Å². The van der Waals surface area contributed by atoms with Gasteiger partial charge in [-0.05, 0) is 36.5 Å². The quantitative estimate of drug-likeness (QED) is 0.749. The predicted octanol–water partition coefficient (Wildman–Crippen LogP) is 1.97. The van der Waals surface area contributed by atoms with Gasteiger partial charge in [-0.15, -0.1) is 0 Å². The molecule has 0 spiro atoms. The third kappa shape index (κ3) is 1.75. The van der Waals surface area contributed by atoms with Crippen LogP contribution in [0.15, 0.2) is 18.2 Å². The van der Waals surface area contributed by atoms with E-state index in [9.17, 15) is 0 Å². The van der Waals surface area contributed by atoms with Crippen molar-refractivity contribution in [3.63, 3.8) is 0 Å². The van der Waals surface area contributed by atoms with Crippen molar-refractivity contribution in [3.05, 3.63) is 29.3 Å². The number of nitrogens with one attached hydrogen (secondary N) is 1. The summed E-state index contributed by atoms with van der Waals surface area (Å²) in [4.78, 5) is 0. The predicted molar refractivity (Wildman–Crippen MR) is 58.6 cm³/mol. The van der Waals surface area contributed by atoms with E-state index < -0.39 is 0 Å². The normalized spacial score (nSPS) is 20.0. The number of aliphatic hydroxyl groups excluding tert-OH is 1. The molecule has 2 rings (SSSR count). The van der Waals surface area contributed by atoms with E-state index in [1.165, 1.54) is 16.8 Å². The maximum absolute atomic E-state index is 9.05. The largest absolute Gasteiger partial charge is 0.394 e. The van der Waals surface area contributed by atoms with E-state index in [-0.39, 0.29) is 12.6 Å². The highest BCUT2D eigenvalue weighted by molar-refractivity contribution is 5.55. The van der Waals surface area contributed by atoms with Gasteiger partial charge in [-0.1, -0.05) is 19.1 Å². The van der Waals surface area contributed by atoms with E-state index in [1.807, 2.05) is 0 Å². The van der Waals surface area contributed by atoms with Crippen LogP contribution in [-0.2, 0) is 12.8 Å². The Hall–Kier alpha value is -1.02. The number of hydrogen-bond donors (Lipinski definition) is 2. The number of aliphatic hydroxyl groups is 1. The van der Waals surface area contributed by atoms with Crippen LogP contribution in [0.25, 0.3) is 0 Å². The summed E-state index contributed by atoms with van der Waals surface area (Å²) in [5.74, 6) is 0. The second kappa shape index (κ2) is 4.01. The van der Waals surface area contributed by atoms with Gasteiger partial charge in [-0.2, -0.15) is 0 Å². The lowest BCUT2D eigenvalue weighted by Crippen LogP contribution is -2.28. The van der Waals surface area contributed by atoms with Gasteiger partial charge < -0.3 is 10.4 Å². The van der Waals surface area contributed by atoms with Crippen molar-refractivity contribution < 1.29 is 5.11 Å². The second-order valence-electron chi connectivity index (χ2n) is 3.91. The lowest BCUT2D eigenvalue weighted by molar-refractivity contribution is 0.267.